The molecule has 0 saturated heterocycles. The highest BCUT2D eigenvalue weighted by molar-refractivity contribution is 5.94. The fourth-order valence-corrected chi connectivity index (χ4v) is 3.84. The first-order valence-electron chi connectivity index (χ1n) is 9.01. The standard InChI is InChI=1S/C19H20FN3O4/c20-13-5-3-12(4-6-13)11-21-16(25)14-15(24)17(26)23-9-10-27-19(18(23)22-14)7-1-2-8-19/h3-6,24H,1-2,7-11H2,(H,21,25). The van der Waals surface area contributed by atoms with Crippen molar-refractivity contribution in [2.75, 3.05) is 6.61 Å². The van der Waals surface area contributed by atoms with Crippen molar-refractivity contribution in [2.24, 2.45) is 0 Å². The van der Waals surface area contributed by atoms with E-state index in [1.807, 2.05) is 0 Å². The lowest BCUT2D eigenvalue weighted by Crippen LogP contribution is -2.44. The molecule has 7 nitrogen and oxygen atoms in total. The van der Waals surface area contributed by atoms with Crippen molar-refractivity contribution in [3.05, 3.63) is 57.5 Å². The van der Waals surface area contributed by atoms with Gasteiger partial charge < -0.3 is 15.2 Å². The van der Waals surface area contributed by atoms with Crippen molar-refractivity contribution in [1.29, 1.82) is 0 Å². The zero-order valence-corrected chi connectivity index (χ0v) is 14.7. The maximum absolute atomic E-state index is 13.0. The molecular weight excluding hydrogens is 353 g/mol. The van der Waals surface area contributed by atoms with Crippen LogP contribution in [0.3, 0.4) is 0 Å². The average molecular weight is 373 g/mol. The molecule has 142 valence electrons. The lowest BCUT2D eigenvalue weighted by atomic mass is 9.99. The quantitative estimate of drug-likeness (QED) is 0.856. The third kappa shape index (κ3) is 3.10. The summed E-state index contributed by atoms with van der Waals surface area (Å²) in [7, 11) is 0. The number of ether oxygens (including phenoxy) is 1. The number of nitrogens with zero attached hydrogens (tertiary/aromatic N) is 2. The lowest BCUT2D eigenvalue weighted by Gasteiger charge is -2.35. The number of hydrogen-bond donors (Lipinski definition) is 2. The summed E-state index contributed by atoms with van der Waals surface area (Å²) in [5, 5.41) is 12.9. The fourth-order valence-electron chi connectivity index (χ4n) is 3.84. The molecule has 1 aromatic carbocycles. The summed E-state index contributed by atoms with van der Waals surface area (Å²) in [5.74, 6) is -1.27. The van der Waals surface area contributed by atoms with Gasteiger partial charge in [-0.25, -0.2) is 9.37 Å². The maximum Gasteiger partial charge on any atom is 0.296 e. The maximum atomic E-state index is 13.0. The number of rotatable bonds is 3. The highest BCUT2D eigenvalue weighted by Crippen LogP contribution is 2.42. The molecule has 0 atom stereocenters. The number of nitrogens with one attached hydrogen (secondary N) is 1. The molecule has 1 amide bonds. The second kappa shape index (κ2) is 6.77. The molecule has 2 N–H and O–H groups in total. The van der Waals surface area contributed by atoms with Crippen molar-refractivity contribution < 1.29 is 19.0 Å². The normalized spacial score (nSPS) is 17.7. The smallest absolute Gasteiger partial charge is 0.296 e. The molecule has 1 saturated carbocycles. The molecule has 27 heavy (non-hydrogen) atoms. The van der Waals surface area contributed by atoms with Crippen LogP contribution in [0, 0.1) is 5.82 Å². The van der Waals surface area contributed by atoms with Gasteiger partial charge in [-0.1, -0.05) is 12.1 Å². The van der Waals surface area contributed by atoms with Gasteiger partial charge in [0.05, 0.1) is 13.2 Å². The minimum Gasteiger partial charge on any atom is -0.501 e. The van der Waals surface area contributed by atoms with E-state index in [2.05, 4.69) is 10.3 Å². The van der Waals surface area contributed by atoms with Gasteiger partial charge in [0.25, 0.3) is 11.5 Å². The van der Waals surface area contributed by atoms with E-state index in [0.717, 1.165) is 25.7 Å². The minimum absolute atomic E-state index is 0.125. The van der Waals surface area contributed by atoms with Crippen LogP contribution in [0.4, 0.5) is 4.39 Å². The molecule has 0 unspecified atom stereocenters. The molecule has 2 aromatic rings. The number of halogens is 1. The Balaban J connectivity index is 1.64. The molecule has 8 heteroatoms. The predicted octanol–water partition coefficient (Wildman–Crippen LogP) is 1.82. The molecule has 0 bridgehead atoms. The number of hydrogen-bond acceptors (Lipinski definition) is 5. The van der Waals surface area contributed by atoms with E-state index in [1.165, 1.54) is 16.7 Å². The van der Waals surface area contributed by atoms with Crippen LogP contribution >= 0.6 is 0 Å². The molecule has 1 aromatic heterocycles. The van der Waals surface area contributed by atoms with E-state index >= 15 is 0 Å². The van der Waals surface area contributed by atoms with Gasteiger partial charge in [0.15, 0.2) is 5.69 Å². The first-order valence-corrected chi connectivity index (χ1v) is 9.01. The summed E-state index contributed by atoms with van der Waals surface area (Å²) < 4.78 is 20.3. The second-order valence-electron chi connectivity index (χ2n) is 6.95. The number of amides is 1. The lowest BCUT2D eigenvalue weighted by molar-refractivity contribution is -0.0789. The molecule has 1 fully saturated rings. The van der Waals surface area contributed by atoms with Gasteiger partial charge in [-0.3, -0.25) is 14.2 Å². The Kier molecular flexibility index (Phi) is 4.43. The second-order valence-corrected chi connectivity index (χ2v) is 6.95. The van der Waals surface area contributed by atoms with Gasteiger partial charge in [0.2, 0.25) is 5.75 Å². The van der Waals surface area contributed by atoms with Crippen LogP contribution in [0.2, 0.25) is 0 Å². The van der Waals surface area contributed by atoms with Crippen molar-refractivity contribution in [3.63, 3.8) is 0 Å². The molecule has 2 aliphatic rings. The third-order valence-corrected chi connectivity index (χ3v) is 5.24. The van der Waals surface area contributed by atoms with Gasteiger partial charge in [0, 0.05) is 6.54 Å². The minimum atomic E-state index is -0.662. The van der Waals surface area contributed by atoms with Gasteiger partial charge >= 0.3 is 0 Å². The van der Waals surface area contributed by atoms with Crippen LogP contribution in [0.5, 0.6) is 5.75 Å². The first-order chi connectivity index (χ1) is 13.0. The van der Waals surface area contributed by atoms with Crippen LogP contribution in [-0.2, 0) is 23.4 Å². The summed E-state index contributed by atoms with van der Waals surface area (Å²) in [6, 6.07) is 5.69. The van der Waals surface area contributed by atoms with Crippen molar-refractivity contribution in [2.45, 2.75) is 44.4 Å². The van der Waals surface area contributed by atoms with Gasteiger partial charge in [-0.15, -0.1) is 0 Å². The number of carbonyl (C=O) groups is 1. The van der Waals surface area contributed by atoms with Crippen LogP contribution in [0.25, 0.3) is 0 Å². The van der Waals surface area contributed by atoms with Crippen LogP contribution in [-0.4, -0.2) is 27.2 Å². The number of aromatic hydroxyl groups is 1. The Morgan fingerprint density at radius 2 is 2.00 bits per heavy atom. The number of fused-ring (bicyclic) bond motifs is 2. The third-order valence-electron chi connectivity index (χ3n) is 5.24. The van der Waals surface area contributed by atoms with E-state index < -0.39 is 22.8 Å². The van der Waals surface area contributed by atoms with Crippen LogP contribution in [0.1, 0.15) is 47.6 Å². The first kappa shape index (κ1) is 17.7. The summed E-state index contributed by atoms with van der Waals surface area (Å²) in [6.07, 6.45) is 3.40. The summed E-state index contributed by atoms with van der Waals surface area (Å²) in [6.45, 7) is 0.804. The molecule has 1 aliphatic carbocycles. The van der Waals surface area contributed by atoms with E-state index in [-0.39, 0.29) is 18.1 Å². The number of carbonyl (C=O) groups excluding carboxylic acids is 1. The SMILES string of the molecule is O=C(NCc1ccc(F)cc1)c1nc2n(c(=O)c1O)CCOC21CCCC1. The molecular formula is C19H20FN3O4. The van der Waals surface area contributed by atoms with E-state index in [9.17, 15) is 19.1 Å². The molecule has 0 radical (unpaired) electrons. The average Bonchev–Trinajstić information content (AvgIpc) is 3.13. The van der Waals surface area contributed by atoms with Crippen LogP contribution in [0.15, 0.2) is 29.1 Å². The fraction of sp³-hybridized carbons (Fsp3) is 0.421. The van der Waals surface area contributed by atoms with Gasteiger partial charge in [-0.05, 0) is 43.4 Å². The monoisotopic (exact) mass is 373 g/mol. The van der Waals surface area contributed by atoms with Gasteiger partial charge in [0.1, 0.15) is 17.2 Å². The number of benzene rings is 1. The Morgan fingerprint density at radius 1 is 1.30 bits per heavy atom. The highest BCUT2D eigenvalue weighted by atomic mass is 19.1. The van der Waals surface area contributed by atoms with E-state index in [1.54, 1.807) is 12.1 Å². The molecule has 4 rings (SSSR count). The molecule has 1 aliphatic heterocycles. The summed E-state index contributed by atoms with van der Waals surface area (Å²) in [5.41, 5.74) is -0.891. The Hall–Kier alpha value is -2.74. The summed E-state index contributed by atoms with van der Waals surface area (Å²) >= 11 is 0. The van der Waals surface area contributed by atoms with Gasteiger partial charge in [-0.2, -0.15) is 0 Å². The van der Waals surface area contributed by atoms with E-state index in [4.69, 9.17) is 4.74 Å². The van der Waals surface area contributed by atoms with Crippen molar-refractivity contribution in [1.82, 2.24) is 14.9 Å². The van der Waals surface area contributed by atoms with Crippen LogP contribution < -0.4 is 10.9 Å². The topological polar surface area (TPSA) is 93.5 Å². The highest BCUT2D eigenvalue weighted by Gasteiger charge is 2.44. The molecule has 1 spiro atoms. The Labute approximate surface area is 154 Å². The van der Waals surface area contributed by atoms with Crippen molar-refractivity contribution in [3.8, 4) is 5.75 Å². The van der Waals surface area contributed by atoms with E-state index in [0.29, 0.717) is 24.5 Å². The predicted molar refractivity (Wildman–Crippen MR) is 93.8 cm³/mol. The Morgan fingerprint density at radius 3 is 2.70 bits per heavy atom. The zero-order valence-electron chi connectivity index (χ0n) is 14.7. The Bertz CT molecular complexity index is 933. The molecule has 2 heterocycles. The summed E-state index contributed by atoms with van der Waals surface area (Å²) in [4.78, 5) is 29.5. The zero-order chi connectivity index (χ0) is 19.0. The number of aromatic nitrogens is 2. The van der Waals surface area contributed by atoms with Crippen molar-refractivity contribution >= 4 is 5.91 Å². The largest absolute Gasteiger partial charge is 0.501 e.